The van der Waals surface area contributed by atoms with Crippen LogP contribution in [0.1, 0.15) is 33.3 Å². The van der Waals surface area contributed by atoms with Crippen LogP contribution in [-0.2, 0) is 34.7 Å². The highest BCUT2D eigenvalue weighted by molar-refractivity contribution is 5.96. The van der Waals surface area contributed by atoms with E-state index < -0.39 is 65.6 Å². The van der Waals surface area contributed by atoms with Crippen LogP contribution in [0.15, 0.2) is 33.5 Å². The van der Waals surface area contributed by atoms with E-state index >= 15 is 0 Å². The molecule has 0 saturated carbocycles. The molecule has 5 unspecified atom stereocenters. The Morgan fingerprint density at radius 1 is 0.941 bits per heavy atom. The van der Waals surface area contributed by atoms with Gasteiger partial charge in [0.25, 0.3) is 5.91 Å². The van der Waals surface area contributed by atoms with E-state index in [1.807, 2.05) is 0 Å². The fraction of sp³-hybridized carbons (Fsp3) is 0.545. The molecular weight excluding hydrogens is 463 g/mol. The summed E-state index contributed by atoms with van der Waals surface area (Å²) in [5.74, 6) is -2.62. The quantitative estimate of drug-likeness (QED) is 0.647. The topological polar surface area (TPSA) is 105 Å². The van der Waals surface area contributed by atoms with E-state index in [2.05, 4.69) is 5.32 Å². The van der Waals surface area contributed by atoms with Gasteiger partial charge in [0.15, 0.2) is 24.0 Å². The number of nitrogens with one attached hydrogen (secondary N) is 1. The molecule has 5 atom stereocenters. The molecule has 0 spiro atoms. The zero-order valence-electron chi connectivity index (χ0n) is 18.6. The van der Waals surface area contributed by atoms with Gasteiger partial charge < -0.3 is 33.4 Å². The van der Waals surface area contributed by atoms with Gasteiger partial charge in [0.2, 0.25) is 0 Å². The lowest BCUT2D eigenvalue weighted by Crippen LogP contribution is -2.58. The minimum Gasteiger partial charge on any atom is -0.423 e. The Morgan fingerprint density at radius 2 is 1.59 bits per heavy atom. The van der Waals surface area contributed by atoms with E-state index in [1.165, 1.54) is 6.07 Å². The molecule has 2 aromatic rings. The molecule has 0 bridgehead atoms. The zero-order valence-corrected chi connectivity index (χ0v) is 18.6. The molecule has 34 heavy (non-hydrogen) atoms. The highest BCUT2D eigenvalue weighted by Crippen LogP contribution is 2.44. The van der Waals surface area contributed by atoms with Crippen LogP contribution < -0.4 is 10.9 Å². The van der Waals surface area contributed by atoms with Crippen LogP contribution in [0, 0.1) is 0 Å². The molecule has 4 heterocycles. The van der Waals surface area contributed by atoms with Gasteiger partial charge in [-0.2, -0.15) is 13.2 Å². The van der Waals surface area contributed by atoms with Crippen molar-refractivity contribution in [1.29, 1.82) is 0 Å². The smallest absolute Gasteiger partial charge is 0.417 e. The van der Waals surface area contributed by atoms with Crippen LogP contribution in [0.4, 0.5) is 18.9 Å². The van der Waals surface area contributed by atoms with Gasteiger partial charge in [-0.1, -0.05) is 0 Å². The third-order valence-corrected chi connectivity index (χ3v) is 5.73. The Hall–Kier alpha value is -2.51. The molecule has 1 N–H and O–H groups in total. The molecule has 5 rings (SSSR count). The second kappa shape index (κ2) is 7.49. The van der Waals surface area contributed by atoms with Crippen LogP contribution in [0.3, 0.4) is 0 Å². The summed E-state index contributed by atoms with van der Waals surface area (Å²) in [5.41, 5.74) is -2.51. The lowest BCUT2D eigenvalue weighted by molar-refractivity contribution is -0.229. The summed E-state index contributed by atoms with van der Waals surface area (Å²) in [4.78, 5) is 24.8. The predicted molar refractivity (Wildman–Crippen MR) is 109 cm³/mol. The largest absolute Gasteiger partial charge is 0.423 e. The third-order valence-electron chi connectivity index (χ3n) is 5.73. The molecule has 0 aliphatic carbocycles. The molecule has 1 aromatic carbocycles. The zero-order chi connectivity index (χ0) is 24.6. The number of hydrogen-bond acceptors (Lipinski definition) is 8. The van der Waals surface area contributed by atoms with Crippen molar-refractivity contribution in [2.75, 3.05) is 5.32 Å². The Labute approximate surface area is 191 Å². The van der Waals surface area contributed by atoms with E-state index in [-0.39, 0.29) is 16.7 Å². The summed E-state index contributed by atoms with van der Waals surface area (Å²) in [6.45, 7) is 6.80. The third kappa shape index (κ3) is 4.09. The lowest BCUT2D eigenvalue weighted by atomic mass is 9.98. The van der Waals surface area contributed by atoms with Crippen molar-refractivity contribution in [3.63, 3.8) is 0 Å². The Balaban J connectivity index is 1.43. The maximum atomic E-state index is 13.3. The number of carbonyl (C=O) groups excluding carboxylic acids is 1. The molecule has 9 nitrogen and oxygen atoms in total. The molecule has 3 aliphatic rings. The van der Waals surface area contributed by atoms with Crippen LogP contribution in [0.5, 0.6) is 0 Å². The normalized spacial score (nSPS) is 31.8. The van der Waals surface area contributed by atoms with Gasteiger partial charge >= 0.3 is 11.8 Å². The number of anilines is 1. The molecule has 3 fully saturated rings. The molecule has 3 aliphatic heterocycles. The number of hydrogen-bond donors (Lipinski definition) is 1. The number of halogens is 3. The molecule has 1 amide bonds. The first kappa shape index (κ1) is 23.2. The molecule has 1 aromatic heterocycles. The minimum atomic E-state index is -4.75. The van der Waals surface area contributed by atoms with Crippen molar-refractivity contribution in [1.82, 2.24) is 0 Å². The van der Waals surface area contributed by atoms with E-state index in [0.29, 0.717) is 6.07 Å². The van der Waals surface area contributed by atoms with Crippen LogP contribution in [0.25, 0.3) is 11.0 Å². The molecule has 0 radical (unpaired) electrons. The van der Waals surface area contributed by atoms with Gasteiger partial charge in [-0.3, -0.25) is 4.79 Å². The van der Waals surface area contributed by atoms with Gasteiger partial charge in [0.05, 0.1) is 5.56 Å². The van der Waals surface area contributed by atoms with Crippen LogP contribution in [-0.4, -0.2) is 48.2 Å². The summed E-state index contributed by atoms with van der Waals surface area (Å²) >= 11 is 0. The predicted octanol–water partition coefficient (Wildman–Crippen LogP) is 3.15. The average molecular weight is 485 g/mol. The maximum Gasteiger partial charge on any atom is 0.417 e. The van der Waals surface area contributed by atoms with Crippen molar-refractivity contribution in [3.05, 3.63) is 40.2 Å². The summed E-state index contributed by atoms with van der Waals surface area (Å²) in [6.07, 6.45) is -8.92. The van der Waals surface area contributed by atoms with E-state index in [4.69, 9.17) is 28.1 Å². The van der Waals surface area contributed by atoms with Crippen LogP contribution >= 0.6 is 0 Å². The van der Waals surface area contributed by atoms with Gasteiger partial charge in [-0.15, -0.1) is 0 Å². The average Bonchev–Trinajstić information content (AvgIpc) is 3.19. The minimum absolute atomic E-state index is 0.101. The highest BCUT2D eigenvalue weighted by Gasteiger charge is 2.62. The summed E-state index contributed by atoms with van der Waals surface area (Å²) in [6, 6.07) is 3.91. The molecule has 12 heteroatoms. The van der Waals surface area contributed by atoms with Crippen molar-refractivity contribution >= 4 is 22.6 Å². The molecular formula is C22H22F3NO8. The SMILES string of the molecule is CC1(C)OC2OC(C(=O)Nc3ccc4c(C(F)(F)F)cc(=O)oc4c3)C3OC(C)(C)OC3C2O1. The van der Waals surface area contributed by atoms with Gasteiger partial charge in [-0.05, 0) is 39.8 Å². The highest BCUT2D eigenvalue weighted by atomic mass is 19.4. The van der Waals surface area contributed by atoms with E-state index in [0.717, 1.165) is 12.1 Å². The monoisotopic (exact) mass is 485 g/mol. The fourth-order valence-corrected chi connectivity index (χ4v) is 4.51. The lowest BCUT2D eigenvalue weighted by Gasteiger charge is -2.36. The standard InChI is InChI=1S/C22H22F3NO8/c1-20(2)31-14-15(32-20)17-19(34-21(3,4)33-17)30-16(14)18(28)26-9-5-6-10-11(22(23,24)25)8-13(27)29-12(10)7-9/h5-8,14-17,19H,1-4H3,(H,26,28). The number of rotatable bonds is 2. The molecule has 184 valence electrons. The summed E-state index contributed by atoms with van der Waals surface area (Å²) in [7, 11) is 0. The second-order valence-electron chi connectivity index (χ2n) is 9.27. The number of alkyl halides is 3. The van der Waals surface area contributed by atoms with Crippen LogP contribution in [0.2, 0.25) is 0 Å². The first-order chi connectivity index (χ1) is 15.7. The van der Waals surface area contributed by atoms with Crippen molar-refractivity contribution in [3.8, 4) is 0 Å². The number of ether oxygens (including phenoxy) is 5. The number of carbonyl (C=O) groups is 1. The Morgan fingerprint density at radius 3 is 2.29 bits per heavy atom. The van der Waals surface area contributed by atoms with Crippen molar-refractivity contribution < 1.29 is 46.1 Å². The summed E-state index contributed by atoms with van der Waals surface area (Å²) < 4.78 is 74.2. The van der Waals surface area contributed by atoms with Gasteiger partial charge in [-0.25, -0.2) is 4.79 Å². The number of fused-ring (bicyclic) bond motifs is 4. The first-order valence-electron chi connectivity index (χ1n) is 10.6. The fourth-order valence-electron chi connectivity index (χ4n) is 4.51. The number of amides is 1. The van der Waals surface area contributed by atoms with Crippen molar-refractivity contribution in [2.45, 2.75) is 76.2 Å². The second-order valence-corrected chi connectivity index (χ2v) is 9.27. The Kier molecular flexibility index (Phi) is 5.12. The summed E-state index contributed by atoms with van der Waals surface area (Å²) in [5, 5.41) is 2.27. The van der Waals surface area contributed by atoms with E-state index in [1.54, 1.807) is 27.7 Å². The van der Waals surface area contributed by atoms with E-state index in [9.17, 15) is 22.8 Å². The maximum absolute atomic E-state index is 13.3. The first-order valence-corrected chi connectivity index (χ1v) is 10.6. The van der Waals surface area contributed by atoms with Crippen molar-refractivity contribution in [2.24, 2.45) is 0 Å². The molecule has 3 saturated heterocycles. The number of benzene rings is 1. The van der Waals surface area contributed by atoms with Gasteiger partial charge in [0.1, 0.15) is 23.9 Å². The van der Waals surface area contributed by atoms with Gasteiger partial charge in [0, 0.05) is 23.2 Å². The Bertz CT molecular complexity index is 1210.